The summed E-state index contributed by atoms with van der Waals surface area (Å²) in [5.41, 5.74) is 0. The molecule has 0 aromatic heterocycles. The molecule has 1 unspecified atom stereocenters. The average molecular weight is 241 g/mol. The van der Waals surface area contributed by atoms with Gasteiger partial charge in [-0.1, -0.05) is 0 Å². The minimum absolute atomic E-state index is 0.334. The van der Waals surface area contributed by atoms with Crippen molar-refractivity contribution in [3.8, 4) is 0 Å². The van der Waals surface area contributed by atoms with Crippen LogP contribution < -0.4 is 0 Å². The molecule has 0 spiro atoms. The number of hydrogen-bond donors (Lipinski definition) is 1. The minimum atomic E-state index is -0.657. The molecule has 4 nitrogen and oxygen atoms in total. The Morgan fingerprint density at radius 3 is 2.59 bits per heavy atom. The maximum absolute atomic E-state index is 10.5. The minimum Gasteiger partial charge on any atom is -0.481 e. The first-order chi connectivity index (χ1) is 8.24. The molecule has 2 rings (SSSR count). The normalized spacial score (nSPS) is 27.4. The van der Waals surface area contributed by atoms with E-state index in [0.717, 1.165) is 38.6 Å². The summed E-state index contributed by atoms with van der Waals surface area (Å²) in [5, 5.41) is 8.66. The van der Waals surface area contributed by atoms with Crippen molar-refractivity contribution in [2.75, 3.05) is 32.8 Å². The van der Waals surface area contributed by atoms with Gasteiger partial charge in [-0.05, 0) is 50.6 Å². The summed E-state index contributed by atoms with van der Waals surface area (Å²) < 4.78 is 5.39. The van der Waals surface area contributed by atoms with Crippen LogP contribution in [-0.4, -0.2) is 48.8 Å². The SMILES string of the molecule is O=C(O)CCC1CCN(CC2CCOC2)CC1. The molecule has 4 heteroatoms. The molecule has 2 fully saturated rings. The molecule has 2 aliphatic heterocycles. The van der Waals surface area contributed by atoms with Crippen LogP contribution >= 0.6 is 0 Å². The highest BCUT2D eigenvalue weighted by atomic mass is 16.5. The van der Waals surface area contributed by atoms with E-state index in [4.69, 9.17) is 9.84 Å². The van der Waals surface area contributed by atoms with E-state index < -0.39 is 5.97 Å². The topological polar surface area (TPSA) is 49.8 Å². The van der Waals surface area contributed by atoms with Crippen molar-refractivity contribution in [3.63, 3.8) is 0 Å². The number of hydrogen-bond acceptors (Lipinski definition) is 3. The molecule has 1 N–H and O–H groups in total. The Balaban J connectivity index is 1.61. The van der Waals surface area contributed by atoms with E-state index in [1.165, 1.54) is 25.8 Å². The molecule has 0 aromatic rings. The van der Waals surface area contributed by atoms with Crippen molar-refractivity contribution in [1.82, 2.24) is 4.90 Å². The van der Waals surface area contributed by atoms with Gasteiger partial charge in [-0.2, -0.15) is 0 Å². The summed E-state index contributed by atoms with van der Waals surface area (Å²) in [4.78, 5) is 13.0. The average Bonchev–Trinajstić information content (AvgIpc) is 2.81. The van der Waals surface area contributed by atoms with Crippen molar-refractivity contribution >= 4 is 5.97 Å². The quantitative estimate of drug-likeness (QED) is 0.794. The Morgan fingerprint density at radius 2 is 2.00 bits per heavy atom. The van der Waals surface area contributed by atoms with Gasteiger partial charge in [0.15, 0.2) is 0 Å². The summed E-state index contributed by atoms with van der Waals surface area (Å²) in [5.74, 6) is 0.697. The maximum atomic E-state index is 10.5. The second-order valence-electron chi connectivity index (χ2n) is 5.41. The van der Waals surface area contributed by atoms with E-state index >= 15 is 0 Å². The molecule has 0 amide bonds. The fourth-order valence-electron chi connectivity index (χ4n) is 2.88. The van der Waals surface area contributed by atoms with Crippen LogP contribution in [0.4, 0.5) is 0 Å². The zero-order chi connectivity index (χ0) is 12.1. The van der Waals surface area contributed by atoms with Gasteiger partial charge in [0.05, 0.1) is 6.61 Å². The summed E-state index contributed by atoms with van der Waals surface area (Å²) in [6.45, 7) is 5.31. The van der Waals surface area contributed by atoms with Crippen LogP contribution in [0.5, 0.6) is 0 Å². The van der Waals surface area contributed by atoms with Crippen molar-refractivity contribution in [3.05, 3.63) is 0 Å². The molecule has 17 heavy (non-hydrogen) atoms. The first-order valence-corrected chi connectivity index (χ1v) is 6.76. The third-order valence-electron chi connectivity index (χ3n) is 4.01. The number of ether oxygens (including phenoxy) is 1. The number of carboxylic acid groups (broad SMARTS) is 1. The Hall–Kier alpha value is -0.610. The second kappa shape index (κ2) is 6.36. The van der Waals surface area contributed by atoms with Crippen LogP contribution in [0, 0.1) is 11.8 Å². The molecule has 2 heterocycles. The number of rotatable bonds is 5. The fraction of sp³-hybridized carbons (Fsp3) is 0.923. The smallest absolute Gasteiger partial charge is 0.303 e. The number of likely N-dealkylation sites (tertiary alicyclic amines) is 1. The largest absolute Gasteiger partial charge is 0.481 e. The van der Waals surface area contributed by atoms with Crippen molar-refractivity contribution in [1.29, 1.82) is 0 Å². The Kier molecular flexibility index (Phi) is 4.80. The van der Waals surface area contributed by atoms with Gasteiger partial charge < -0.3 is 14.7 Å². The second-order valence-corrected chi connectivity index (χ2v) is 5.41. The van der Waals surface area contributed by atoms with Crippen molar-refractivity contribution in [2.45, 2.75) is 32.1 Å². The number of piperidine rings is 1. The zero-order valence-electron chi connectivity index (χ0n) is 10.4. The van der Waals surface area contributed by atoms with Crippen LogP contribution in [0.2, 0.25) is 0 Å². The number of carbonyl (C=O) groups is 1. The predicted octanol–water partition coefficient (Wildman–Crippen LogP) is 1.60. The maximum Gasteiger partial charge on any atom is 0.303 e. The first kappa shape index (κ1) is 12.8. The van der Waals surface area contributed by atoms with E-state index in [0.29, 0.717) is 12.3 Å². The van der Waals surface area contributed by atoms with Gasteiger partial charge in [-0.15, -0.1) is 0 Å². The van der Waals surface area contributed by atoms with Gasteiger partial charge in [0.1, 0.15) is 0 Å². The molecule has 0 aliphatic carbocycles. The lowest BCUT2D eigenvalue weighted by Gasteiger charge is -2.33. The van der Waals surface area contributed by atoms with E-state index in [-0.39, 0.29) is 0 Å². The Bertz CT molecular complexity index is 243. The predicted molar refractivity (Wildman–Crippen MR) is 65.0 cm³/mol. The lowest BCUT2D eigenvalue weighted by atomic mass is 9.91. The van der Waals surface area contributed by atoms with Gasteiger partial charge in [0.2, 0.25) is 0 Å². The molecule has 0 bridgehead atoms. The lowest BCUT2D eigenvalue weighted by molar-refractivity contribution is -0.137. The summed E-state index contributed by atoms with van der Waals surface area (Å²) in [6.07, 6.45) is 4.73. The molecular weight excluding hydrogens is 218 g/mol. The summed E-state index contributed by atoms with van der Waals surface area (Å²) in [7, 11) is 0. The van der Waals surface area contributed by atoms with Crippen molar-refractivity contribution in [2.24, 2.45) is 11.8 Å². The highest BCUT2D eigenvalue weighted by Gasteiger charge is 2.23. The summed E-state index contributed by atoms with van der Waals surface area (Å²) >= 11 is 0. The fourth-order valence-corrected chi connectivity index (χ4v) is 2.88. The number of nitrogens with zero attached hydrogens (tertiary/aromatic N) is 1. The summed E-state index contributed by atoms with van der Waals surface area (Å²) in [6, 6.07) is 0. The highest BCUT2D eigenvalue weighted by molar-refractivity contribution is 5.66. The van der Waals surface area contributed by atoms with Gasteiger partial charge in [-0.25, -0.2) is 0 Å². The molecule has 0 saturated carbocycles. The molecule has 0 radical (unpaired) electrons. The van der Waals surface area contributed by atoms with Gasteiger partial charge in [0.25, 0.3) is 0 Å². The van der Waals surface area contributed by atoms with Crippen LogP contribution in [0.3, 0.4) is 0 Å². The van der Waals surface area contributed by atoms with Gasteiger partial charge >= 0.3 is 5.97 Å². The Morgan fingerprint density at radius 1 is 1.24 bits per heavy atom. The highest BCUT2D eigenvalue weighted by Crippen LogP contribution is 2.23. The third-order valence-corrected chi connectivity index (χ3v) is 4.01. The zero-order valence-corrected chi connectivity index (χ0v) is 10.4. The van der Waals surface area contributed by atoms with E-state index in [1.807, 2.05) is 0 Å². The van der Waals surface area contributed by atoms with E-state index in [2.05, 4.69) is 4.90 Å². The number of carboxylic acids is 1. The third kappa shape index (κ3) is 4.28. The molecule has 1 atom stereocenters. The molecule has 0 aromatic carbocycles. The van der Waals surface area contributed by atoms with Crippen LogP contribution in [-0.2, 0) is 9.53 Å². The van der Waals surface area contributed by atoms with Crippen LogP contribution in [0.1, 0.15) is 32.1 Å². The monoisotopic (exact) mass is 241 g/mol. The number of aliphatic carboxylic acids is 1. The lowest BCUT2D eigenvalue weighted by Crippen LogP contribution is -2.37. The van der Waals surface area contributed by atoms with Crippen LogP contribution in [0.25, 0.3) is 0 Å². The molecule has 2 aliphatic rings. The van der Waals surface area contributed by atoms with Crippen molar-refractivity contribution < 1.29 is 14.6 Å². The Labute approximate surface area is 103 Å². The van der Waals surface area contributed by atoms with Crippen LogP contribution in [0.15, 0.2) is 0 Å². The standard InChI is InChI=1S/C13H23NO3/c15-13(16)2-1-11-3-6-14(7-4-11)9-12-5-8-17-10-12/h11-12H,1-10H2,(H,15,16). The molecule has 98 valence electrons. The van der Waals surface area contributed by atoms with Gasteiger partial charge in [-0.3, -0.25) is 4.79 Å². The molecular formula is C13H23NO3. The molecule has 2 saturated heterocycles. The first-order valence-electron chi connectivity index (χ1n) is 6.76. The van der Waals surface area contributed by atoms with E-state index in [1.54, 1.807) is 0 Å². The van der Waals surface area contributed by atoms with Gasteiger partial charge in [0, 0.05) is 19.6 Å². The van der Waals surface area contributed by atoms with E-state index in [9.17, 15) is 4.79 Å².